The van der Waals surface area contributed by atoms with Crippen LogP contribution in [0.15, 0.2) is 89.3 Å². The fourth-order valence-electron chi connectivity index (χ4n) is 4.90. The molecular formula is C30H33F2N5O3S. The van der Waals surface area contributed by atoms with Crippen molar-refractivity contribution < 1.29 is 21.6 Å². The van der Waals surface area contributed by atoms with Gasteiger partial charge < -0.3 is 9.32 Å². The van der Waals surface area contributed by atoms with Gasteiger partial charge in [0.1, 0.15) is 0 Å². The quantitative estimate of drug-likeness (QED) is 0.240. The van der Waals surface area contributed by atoms with Crippen LogP contribution in [0.5, 0.6) is 0 Å². The summed E-state index contributed by atoms with van der Waals surface area (Å²) in [4.78, 5) is 4.66. The van der Waals surface area contributed by atoms with E-state index in [1.54, 1.807) is 36.4 Å². The van der Waals surface area contributed by atoms with Gasteiger partial charge in [0, 0.05) is 31.7 Å². The zero-order valence-electron chi connectivity index (χ0n) is 22.6. The monoisotopic (exact) mass is 581 g/mol. The summed E-state index contributed by atoms with van der Waals surface area (Å²) in [7, 11) is -3.66. The normalized spacial score (nSPS) is 15.2. The van der Waals surface area contributed by atoms with Gasteiger partial charge in [-0.2, -0.15) is 8.78 Å². The van der Waals surface area contributed by atoms with Crippen molar-refractivity contribution in [2.45, 2.75) is 25.9 Å². The maximum atomic E-state index is 13.7. The molecule has 3 aromatic carbocycles. The van der Waals surface area contributed by atoms with Gasteiger partial charge in [-0.05, 0) is 54.9 Å². The van der Waals surface area contributed by atoms with Crippen molar-refractivity contribution in [2.75, 3.05) is 42.8 Å². The van der Waals surface area contributed by atoms with E-state index in [0.717, 1.165) is 44.7 Å². The van der Waals surface area contributed by atoms with Crippen molar-refractivity contribution in [2.24, 2.45) is 0 Å². The second-order valence-electron chi connectivity index (χ2n) is 10.1. The summed E-state index contributed by atoms with van der Waals surface area (Å²) in [5.41, 5.74) is 3.08. The van der Waals surface area contributed by atoms with Gasteiger partial charge in [-0.25, -0.2) is 8.42 Å². The lowest BCUT2D eigenvalue weighted by Crippen LogP contribution is -2.39. The predicted molar refractivity (Wildman–Crippen MR) is 154 cm³/mol. The van der Waals surface area contributed by atoms with Crippen LogP contribution >= 0.6 is 0 Å². The maximum Gasteiger partial charge on any atom is 0.314 e. The Morgan fingerprint density at radius 2 is 1.46 bits per heavy atom. The Hall–Kier alpha value is -3.67. The number of hydrogen-bond donors (Lipinski definition) is 0. The molecule has 4 aromatic rings. The number of anilines is 1. The maximum absolute atomic E-state index is 13.7. The van der Waals surface area contributed by atoms with Crippen LogP contribution in [0.25, 0.3) is 11.5 Å². The van der Waals surface area contributed by atoms with Crippen molar-refractivity contribution >= 4 is 15.7 Å². The van der Waals surface area contributed by atoms with Crippen molar-refractivity contribution in [3.63, 3.8) is 0 Å². The lowest BCUT2D eigenvalue weighted by atomic mass is 10.1. The van der Waals surface area contributed by atoms with E-state index in [1.807, 2.05) is 24.3 Å². The van der Waals surface area contributed by atoms with E-state index < -0.39 is 22.3 Å². The van der Waals surface area contributed by atoms with E-state index in [0.29, 0.717) is 17.8 Å². The summed E-state index contributed by atoms with van der Waals surface area (Å²) in [5, 5.41) is 7.04. The third kappa shape index (κ3) is 7.75. The molecule has 0 amide bonds. The van der Waals surface area contributed by atoms with E-state index >= 15 is 0 Å². The van der Waals surface area contributed by atoms with Gasteiger partial charge in [0.15, 0.2) is 0 Å². The molecule has 0 aliphatic carbocycles. The molecule has 0 unspecified atom stereocenters. The van der Waals surface area contributed by atoms with Crippen LogP contribution < -0.4 is 4.31 Å². The van der Waals surface area contributed by atoms with Crippen LogP contribution in [0.3, 0.4) is 0 Å². The first-order valence-corrected chi connectivity index (χ1v) is 15.2. The minimum atomic E-state index is -3.66. The first kappa shape index (κ1) is 28.8. The number of halogens is 2. The number of alkyl halides is 2. The molecule has 0 saturated carbocycles. The van der Waals surface area contributed by atoms with Crippen molar-refractivity contribution in [3.8, 4) is 11.5 Å². The standard InChI is InChI=1S/C30H33F2N5O3S/c31-28(32)30-34-33-29(40-30)26-14-12-25(13-15-26)23-37(27-10-5-2-6-11-27)41(38,39)21-20-35-16-7-17-36(19-18-35)22-24-8-3-1-4-9-24/h1-6,8-15,28H,7,16-23H2. The average molecular weight is 582 g/mol. The van der Waals surface area contributed by atoms with Crippen LogP contribution in [-0.4, -0.2) is 66.9 Å². The van der Waals surface area contributed by atoms with E-state index in [2.05, 4.69) is 44.3 Å². The molecular weight excluding hydrogens is 548 g/mol. The number of para-hydroxylation sites is 1. The van der Waals surface area contributed by atoms with Crippen molar-refractivity contribution in [1.82, 2.24) is 20.0 Å². The summed E-state index contributed by atoms with van der Waals surface area (Å²) < 4.78 is 59.5. The van der Waals surface area contributed by atoms with E-state index in [1.165, 1.54) is 9.87 Å². The van der Waals surface area contributed by atoms with Crippen molar-refractivity contribution in [3.05, 3.63) is 102 Å². The van der Waals surface area contributed by atoms with Gasteiger partial charge in [-0.3, -0.25) is 9.21 Å². The number of aromatic nitrogens is 2. The summed E-state index contributed by atoms with van der Waals surface area (Å²) in [5.74, 6) is -0.755. The zero-order valence-corrected chi connectivity index (χ0v) is 23.5. The third-order valence-corrected chi connectivity index (χ3v) is 8.84. The Labute approximate surface area is 239 Å². The second kappa shape index (κ2) is 13.3. The number of nitrogens with zero attached hydrogens (tertiary/aromatic N) is 5. The fourth-order valence-corrected chi connectivity index (χ4v) is 6.40. The second-order valence-corrected chi connectivity index (χ2v) is 12.1. The molecule has 11 heteroatoms. The van der Waals surface area contributed by atoms with Gasteiger partial charge in [-0.1, -0.05) is 60.7 Å². The molecule has 1 aliphatic rings. The van der Waals surface area contributed by atoms with Crippen LogP contribution in [0.1, 0.15) is 29.9 Å². The minimum absolute atomic E-state index is 0.00292. The molecule has 0 spiro atoms. The van der Waals surface area contributed by atoms with Gasteiger partial charge >= 0.3 is 6.43 Å². The first-order chi connectivity index (χ1) is 19.9. The number of benzene rings is 3. The Morgan fingerprint density at radius 3 is 2.15 bits per heavy atom. The summed E-state index contributed by atoms with van der Waals surface area (Å²) >= 11 is 0. The summed E-state index contributed by atoms with van der Waals surface area (Å²) in [6.07, 6.45) is -1.86. The fraction of sp³-hybridized carbons (Fsp3) is 0.333. The van der Waals surface area contributed by atoms with Crippen LogP contribution in [-0.2, 0) is 23.1 Å². The highest BCUT2D eigenvalue weighted by Gasteiger charge is 2.25. The van der Waals surface area contributed by atoms with Crippen LogP contribution in [0.4, 0.5) is 14.5 Å². The molecule has 0 bridgehead atoms. The average Bonchev–Trinajstić information content (AvgIpc) is 3.39. The molecule has 41 heavy (non-hydrogen) atoms. The molecule has 1 aromatic heterocycles. The van der Waals surface area contributed by atoms with Crippen LogP contribution in [0, 0.1) is 0 Å². The highest BCUT2D eigenvalue weighted by Crippen LogP contribution is 2.26. The molecule has 8 nitrogen and oxygen atoms in total. The Morgan fingerprint density at radius 1 is 0.805 bits per heavy atom. The predicted octanol–water partition coefficient (Wildman–Crippen LogP) is 5.22. The topological polar surface area (TPSA) is 82.8 Å². The minimum Gasteiger partial charge on any atom is -0.415 e. The van der Waals surface area contributed by atoms with Crippen LogP contribution in [0.2, 0.25) is 0 Å². The van der Waals surface area contributed by atoms with Gasteiger partial charge in [0.2, 0.25) is 15.9 Å². The molecule has 0 N–H and O–H groups in total. The van der Waals surface area contributed by atoms with E-state index in [9.17, 15) is 17.2 Å². The Balaban J connectivity index is 1.23. The van der Waals surface area contributed by atoms with E-state index in [4.69, 9.17) is 4.42 Å². The highest BCUT2D eigenvalue weighted by molar-refractivity contribution is 7.92. The molecule has 1 saturated heterocycles. The molecule has 216 valence electrons. The molecule has 1 aliphatic heterocycles. The molecule has 1 fully saturated rings. The molecule has 2 heterocycles. The zero-order chi connectivity index (χ0) is 28.7. The lowest BCUT2D eigenvalue weighted by Gasteiger charge is -2.27. The van der Waals surface area contributed by atoms with Gasteiger partial charge in [0.05, 0.1) is 18.0 Å². The Kier molecular flexibility index (Phi) is 9.38. The first-order valence-electron chi connectivity index (χ1n) is 13.6. The summed E-state index contributed by atoms with van der Waals surface area (Å²) in [6, 6.07) is 26.2. The SMILES string of the molecule is O=S(=O)(CCN1CCCN(Cc2ccccc2)CC1)N(Cc1ccc(-c2nnc(C(F)F)o2)cc1)c1ccccc1. The largest absolute Gasteiger partial charge is 0.415 e. The summed E-state index contributed by atoms with van der Waals surface area (Å²) in [6.45, 7) is 5.03. The molecule has 0 radical (unpaired) electrons. The number of sulfonamides is 1. The number of rotatable bonds is 11. The highest BCUT2D eigenvalue weighted by atomic mass is 32.2. The van der Waals surface area contributed by atoms with E-state index in [-0.39, 0.29) is 18.2 Å². The van der Waals surface area contributed by atoms with Crippen molar-refractivity contribution in [1.29, 1.82) is 0 Å². The molecule has 5 rings (SSSR count). The lowest BCUT2D eigenvalue weighted by molar-refractivity contribution is 0.116. The van der Waals surface area contributed by atoms with Gasteiger partial charge in [0.25, 0.3) is 5.89 Å². The molecule has 0 atom stereocenters. The third-order valence-electron chi connectivity index (χ3n) is 7.13. The number of hydrogen-bond acceptors (Lipinski definition) is 7. The Bertz CT molecular complexity index is 1490. The smallest absolute Gasteiger partial charge is 0.314 e. The van der Waals surface area contributed by atoms with Gasteiger partial charge in [-0.15, -0.1) is 10.2 Å².